The number of aromatic amines is 1. The number of benzene rings is 1. The van der Waals surface area contributed by atoms with Crippen LogP contribution < -0.4 is 9.47 Å². The van der Waals surface area contributed by atoms with Crippen molar-refractivity contribution in [1.82, 2.24) is 14.9 Å². The number of rotatable bonds is 8. The van der Waals surface area contributed by atoms with Gasteiger partial charge in [-0.05, 0) is 39.2 Å². The number of fused-ring (bicyclic) bond motifs is 1. The molecule has 148 valence electrons. The largest absolute Gasteiger partial charge is 0.492 e. The van der Waals surface area contributed by atoms with E-state index in [9.17, 15) is 9.18 Å². The van der Waals surface area contributed by atoms with Crippen molar-refractivity contribution in [2.45, 2.75) is 13.0 Å². The number of halogens is 2. The molecule has 0 spiro atoms. The maximum absolute atomic E-state index is 14.1. The van der Waals surface area contributed by atoms with Gasteiger partial charge in [0.2, 0.25) is 0 Å². The zero-order chi connectivity index (χ0) is 20.3. The van der Waals surface area contributed by atoms with Gasteiger partial charge in [-0.1, -0.05) is 11.6 Å². The molecule has 0 aliphatic carbocycles. The highest BCUT2D eigenvalue weighted by Gasteiger charge is 2.21. The zero-order valence-corrected chi connectivity index (χ0v) is 16.6. The highest BCUT2D eigenvalue weighted by molar-refractivity contribution is 6.31. The fourth-order valence-corrected chi connectivity index (χ4v) is 3.13. The van der Waals surface area contributed by atoms with Gasteiger partial charge < -0.3 is 19.4 Å². The predicted octanol–water partition coefficient (Wildman–Crippen LogP) is 4.25. The van der Waals surface area contributed by atoms with E-state index in [1.54, 1.807) is 25.3 Å². The Hall–Kier alpha value is -2.64. The molecule has 6 nitrogen and oxygen atoms in total. The molecule has 3 aromatic rings. The van der Waals surface area contributed by atoms with Crippen LogP contribution >= 0.6 is 11.6 Å². The van der Waals surface area contributed by atoms with Crippen LogP contribution in [0.4, 0.5) is 4.39 Å². The maximum atomic E-state index is 14.1. The van der Waals surface area contributed by atoms with Crippen molar-refractivity contribution in [2.75, 3.05) is 27.2 Å². The Morgan fingerprint density at radius 3 is 2.89 bits per heavy atom. The molecule has 1 N–H and O–H groups in total. The predicted molar refractivity (Wildman–Crippen MR) is 106 cm³/mol. The van der Waals surface area contributed by atoms with E-state index in [1.807, 2.05) is 19.0 Å². The van der Waals surface area contributed by atoms with E-state index in [0.717, 1.165) is 6.29 Å². The van der Waals surface area contributed by atoms with Gasteiger partial charge in [0, 0.05) is 23.7 Å². The molecule has 0 amide bonds. The Bertz CT molecular complexity index is 990. The van der Waals surface area contributed by atoms with Gasteiger partial charge in [-0.2, -0.15) is 0 Å². The molecule has 0 unspecified atom stereocenters. The highest BCUT2D eigenvalue weighted by atomic mass is 35.5. The summed E-state index contributed by atoms with van der Waals surface area (Å²) in [4.78, 5) is 20.3. The average Bonchev–Trinajstić information content (AvgIpc) is 3.06. The number of pyridine rings is 1. The van der Waals surface area contributed by atoms with E-state index in [1.165, 1.54) is 12.3 Å². The first-order valence-electron chi connectivity index (χ1n) is 8.75. The number of nitrogens with zero attached hydrogens (tertiary/aromatic N) is 2. The van der Waals surface area contributed by atoms with Crippen LogP contribution in [0.3, 0.4) is 0 Å². The van der Waals surface area contributed by atoms with Crippen molar-refractivity contribution in [3.63, 3.8) is 0 Å². The van der Waals surface area contributed by atoms with Crippen LogP contribution in [-0.2, 0) is 0 Å². The lowest BCUT2D eigenvalue weighted by molar-refractivity contribution is 0.112. The van der Waals surface area contributed by atoms with E-state index in [-0.39, 0.29) is 5.02 Å². The third-order valence-corrected chi connectivity index (χ3v) is 4.66. The molecule has 0 radical (unpaired) electrons. The van der Waals surface area contributed by atoms with Crippen molar-refractivity contribution in [3.05, 3.63) is 52.6 Å². The van der Waals surface area contributed by atoms with Gasteiger partial charge in [0.15, 0.2) is 6.29 Å². The van der Waals surface area contributed by atoms with Crippen molar-refractivity contribution in [2.24, 2.45) is 0 Å². The molecule has 0 saturated carbocycles. The van der Waals surface area contributed by atoms with E-state index in [2.05, 4.69) is 9.97 Å². The molecule has 8 heteroatoms. The third kappa shape index (κ3) is 4.26. The van der Waals surface area contributed by atoms with E-state index in [4.69, 9.17) is 21.1 Å². The van der Waals surface area contributed by atoms with Gasteiger partial charge in [-0.25, -0.2) is 9.37 Å². The molecular formula is C20H21ClFN3O3. The molecule has 2 heterocycles. The quantitative estimate of drug-likeness (QED) is 0.567. The van der Waals surface area contributed by atoms with Crippen molar-refractivity contribution in [1.29, 1.82) is 0 Å². The summed E-state index contributed by atoms with van der Waals surface area (Å²) in [7, 11) is 3.87. The molecule has 0 bridgehead atoms. The van der Waals surface area contributed by atoms with Gasteiger partial charge in [-0.3, -0.25) is 4.79 Å². The number of hydrogen-bond acceptors (Lipinski definition) is 5. The van der Waals surface area contributed by atoms with E-state index in [0.29, 0.717) is 46.8 Å². The van der Waals surface area contributed by atoms with Gasteiger partial charge in [0.1, 0.15) is 35.7 Å². The summed E-state index contributed by atoms with van der Waals surface area (Å²) in [5, 5.41) is 0.603. The normalized spacial score (nSPS) is 12.4. The monoisotopic (exact) mass is 405 g/mol. The number of carbonyl (C=O) groups excluding carboxylic acids is 1. The second-order valence-corrected chi connectivity index (χ2v) is 6.99. The molecule has 1 atom stereocenters. The maximum Gasteiger partial charge on any atom is 0.152 e. The van der Waals surface area contributed by atoms with Gasteiger partial charge in [0.05, 0.1) is 16.8 Å². The standard InChI is InChI=1S/C20H21ClFN3O3/c1-12(28-14-8-15-13(11-26)9-23-20(15)24-10-14)18-17(27-7-6-25(2)3)5-4-16(22)19(18)21/h4-5,8-12H,6-7H2,1-3H3,(H,23,24)/t12-/m1/s1. The van der Waals surface area contributed by atoms with Crippen LogP contribution in [0.2, 0.25) is 5.02 Å². The summed E-state index contributed by atoms with van der Waals surface area (Å²) in [5.41, 5.74) is 1.49. The average molecular weight is 406 g/mol. The summed E-state index contributed by atoms with van der Waals surface area (Å²) < 4.78 is 25.8. The Labute approximate surface area is 167 Å². The zero-order valence-electron chi connectivity index (χ0n) is 15.8. The summed E-state index contributed by atoms with van der Waals surface area (Å²) in [6, 6.07) is 4.52. The lowest BCUT2D eigenvalue weighted by Gasteiger charge is -2.21. The van der Waals surface area contributed by atoms with Crippen LogP contribution in [0.15, 0.2) is 30.6 Å². The molecule has 3 rings (SSSR count). The summed E-state index contributed by atoms with van der Waals surface area (Å²) in [6.45, 7) is 2.88. The summed E-state index contributed by atoms with van der Waals surface area (Å²) in [6.07, 6.45) is 3.26. The molecule has 0 fully saturated rings. The molecule has 0 saturated heterocycles. The van der Waals surface area contributed by atoms with E-state index >= 15 is 0 Å². The summed E-state index contributed by atoms with van der Waals surface area (Å²) >= 11 is 6.21. The van der Waals surface area contributed by atoms with Crippen molar-refractivity contribution < 1.29 is 18.7 Å². The van der Waals surface area contributed by atoms with Crippen LogP contribution in [0.1, 0.15) is 28.9 Å². The number of likely N-dealkylation sites (N-methyl/N-ethyl adjacent to an activating group) is 1. The van der Waals surface area contributed by atoms with Crippen LogP contribution in [0, 0.1) is 5.82 Å². The summed E-state index contributed by atoms with van der Waals surface area (Å²) in [5.74, 6) is 0.349. The Kier molecular flexibility index (Phi) is 6.16. The van der Waals surface area contributed by atoms with Gasteiger partial charge >= 0.3 is 0 Å². The number of carbonyl (C=O) groups is 1. The number of hydrogen-bond donors (Lipinski definition) is 1. The number of H-pyrrole nitrogens is 1. The lowest BCUT2D eigenvalue weighted by Crippen LogP contribution is -2.20. The van der Waals surface area contributed by atoms with Gasteiger partial charge in [0.25, 0.3) is 0 Å². The number of aldehydes is 1. The Morgan fingerprint density at radius 2 is 2.18 bits per heavy atom. The molecule has 0 aliphatic rings. The first-order chi connectivity index (χ1) is 13.4. The fourth-order valence-electron chi connectivity index (χ4n) is 2.82. The fraction of sp³-hybridized carbons (Fsp3) is 0.300. The molecule has 1 aromatic carbocycles. The third-order valence-electron chi connectivity index (χ3n) is 4.27. The number of nitrogens with one attached hydrogen (secondary N) is 1. The van der Waals surface area contributed by atoms with Crippen LogP contribution in [0.25, 0.3) is 11.0 Å². The molecule has 2 aromatic heterocycles. The Morgan fingerprint density at radius 1 is 1.39 bits per heavy atom. The first-order valence-corrected chi connectivity index (χ1v) is 9.13. The minimum Gasteiger partial charge on any atom is -0.492 e. The highest BCUT2D eigenvalue weighted by Crippen LogP contribution is 2.37. The van der Waals surface area contributed by atoms with Crippen molar-refractivity contribution >= 4 is 28.9 Å². The second kappa shape index (κ2) is 8.58. The minimum absolute atomic E-state index is 0.0425. The minimum atomic E-state index is -0.601. The molecule has 28 heavy (non-hydrogen) atoms. The van der Waals surface area contributed by atoms with Crippen molar-refractivity contribution in [3.8, 4) is 11.5 Å². The number of ether oxygens (including phenoxy) is 2. The SMILES string of the molecule is C[C@@H](Oc1cnc2[nH]cc(C=O)c2c1)c1c(OCCN(C)C)ccc(F)c1Cl. The molecule has 0 aliphatic heterocycles. The van der Waals surface area contributed by atoms with Crippen LogP contribution in [-0.4, -0.2) is 48.4 Å². The Balaban J connectivity index is 1.87. The topological polar surface area (TPSA) is 67.4 Å². The lowest BCUT2D eigenvalue weighted by atomic mass is 10.1. The first kappa shape index (κ1) is 20.1. The molecular weight excluding hydrogens is 385 g/mol. The smallest absolute Gasteiger partial charge is 0.152 e. The second-order valence-electron chi connectivity index (χ2n) is 6.61. The number of aromatic nitrogens is 2. The van der Waals surface area contributed by atoms with E-state index < -0.39 is 11.9 Å². The van der Waals surface area contributed by atoms with Crippen LogP contribution in [0.5, 0.6) is 11.5 Å². The van der Waals surface area contributed by atoms with Gasteiger partial charge in [-0.15, -0.1) is 0 Å².